The maximum atomic E-state index is 13.1. The third-order valence-corrected chi connectivity index (χ3v) is 5.01. The lowest BCUT2D eigenvalue weighted by atomic mass is 10.1. The van der Waals surface area contributed by atoms with Crippen molar-refractivity contribution in [1.82, 2.24) is 10.2 Å². The highest BCUT2D eigenvalue weighted by molar-refractivity contribution is 5.90. The quantitative estimate of drug-likeness (QED) is 0.583. The molecular weight excluding hydrogens is 376 g/mol. The molecule has 30 heavy (non-hydrogen) atoms. The van der Waals surface area contributed by atoms with Crippen LogP contribution in [0.4, 0.5) is 0 Å². The van der Waals surface area contributed by atoms with E-state index in [0.717, 1.165) is 22.8 Å². The Bertz CT molecular complexity index is 983. The molecule has 1 atom stereocenters. The fourth-order valence-electron chi connectivity index (χ4n) is 3.30. The standard InChI is InChI=1S/C25H28N2O3/c1-3-16-26-25(29)19(2)27(17-20-10-5-4-6-11-20)24(28)18-30-23-15-9-13-21-12-7-8-14-22(21)23/h4-15,19H,3,16-18H2,1-2H3,(H,26,29)/t19-/m1/s1. The van der Waals surface area contributed by atoms with Crippen molar-refractivity contribution >= 4 is 22.6 Å². The Morgan fingerprint density at radius 1 is 0.967 bits per heavy atom. The van der Waals surface area contributed by atoms with Crippen LogP contribution in [0, 0.1) is 0 Å². The van der Waals surface area contributed by atoms with Crippen LogP contribution in [0.5, 0.6) is 5.75 Å². The average molecular weight is 405 g/mol. The van der Waals surface area contributed by atoms with Gasteiger partial charge in [0.25, 0.3) is 5.91 Å². The second kappa shape index (κ2) is 10.4. The highest BCUT2D eigenvalue weighted by Crippen LogP contribution is 2.25. The fraction of sp³-hybridized carbons (Fsp3) is 0.280. The van der Waals surface area contributed by atoms with Crippen molar-refractivity contribution in [3.63, 3.8) is 0 Å². The van der Waals surface area contributed by atoms with Crippen LogP contribution in [-0.2, 0) is 16.1 Å². The first-order chi connectivity index (χ1) is 14.6. The van der Waals surface area contributed by atoms with Gasteiger partial charge in [-0.1, -0.05) is 73.7 Å². The van der Waals surface area contributed by atoms with Gasteiger partial charge in [-0.05, 0) is 30.4 Å². The van der Waals surface area contributed by atoms with Gasteiger partial charge in [-0.2, -0.15) is 0 Å². The number of hydrogen-bond acceptors (Lipinski definition) is 3. The first-order valence-electron chi connectivity index (χ1n) is 10.3. The molecule has 2 amide bonds. The van der Waals surface area contributed by atoms with E-state index in [1.165, 1.54) is 0 Å². The van der Waals surface area contributed by atoms with E-state index >= 15 is 0 Å². The lowest BCUT2D eigenvalue weighted by Crippen LogP contribution is -2.49. The minimum absolute atomic E-state index is 0.133. The van der Waals surface area contributed by atoms with E-state index < -0.39 is 6.04 Å². The van der Waals surface area contributed by atoms with Gasteiger partial charge in [0.05, 0.1) is 0 Å². The van der Waals surface area contributed by atoms with Crippen LogP contribution in [0.2, 0.25) is 0 Å². The number of benzene rings is 3. The van der Waals surface area contributed by atoms with Crippen LogP contribution in [0.15, 0.2) is 72.8 Å². The third kappa shape index (κ3) is 5.38. The number of nitrogens with zero attached hydrogens (tertiary/aromatic N) is 1. The molecule has 3 aromatic rings. The van der Waals surface area contributed by atoms with E-state index in [1.54, 1.807) is 11.8 Å². The van der Waals surface area contributed by atoms with Gasteiger partial charge in [0.15, 0.2) is 6.61 Å². The molecule has 0 fully saturated rings. The zero-order chi connectivity index (χ0) is 21.3. The molecule has 0 heterocycles. The maximum absolute atomic E-state index is 13.1. The molecule has 0 radical (unpaired) electrons. The molecule has 5 nitrogen and oxygen atoms in total. The molecule has 3 rings (SSSR count). The van der Waals surface area contributed by atoms with Crippen molar-refractivity contribution in [2.24, 2.45) is 0 Å². The number of nitrogens with one attached hydrogen (secondary N) is 1. The van der Waals surface area contributed by atoms with Gasteiger partial charge in [0, 0.05) is 18.5 Å². The van der Waals surface area contributed by atoms with Crippen molar-refractivity contribution in [3.05, 3.63) is 78.4 Å². The van der Waals surface area contributed by atoms with E-state index in [2.05, 4.69) is 5.32 Å². The number of carbonyl (C=O) groups is 2. The molecule has 0 unspecified atom stereocenters. The summed E-state index contributed by atoms with van der Waals surface area (Å²) in [7, 11) is 0. The van der Waals surface area contributed by atoms with Gasteiger partial charge in [-0.3, -0.25) is 9.59 Å². The fourth-order valence-corrected chi connectivity index (χ4v) is 3.30. The van der Waals surface area contributed by atoms with Crippen molar-refractivity contribution in [3.8, 4) is 5.75 Å². The third-order valence-electron chi connectivity index (χ3n) is 5.01. The summed E-state index contributed by atoms with van der Waals surface area (Å²) >= 11 is 0. The Hall–Kier alpha value is -3.34. The Labute approximate surface area is 177 Å². The molecule has 5 heteroatoms. The molecule has 0 aliphatic rings. The molecule has 0 aliphatic heterocycles. The summed E-state index contributed by atoms with van der Waals surface area (Å²) in [5.74, 6) is 0.265. The summed E-state index contributed by atoms with van der Waals surface area (Å²) in [5.41, 5.74) is 0.964. The number of carbonyl (C=O) groups excluding carboxylic acids is 2. The second-order valence-electron chi connectivity index (χ2n) is 7.24. The molecule has 0 saturated carbocycles. The number of fused-ring (bicyclic) bond motifs is 1. The minimum Gasteiger partial charge on any atom is -0.483 e. The molecule has 0 aromatic heterocycles. The molecule has 0 aliphatic carbocycles. The van der Waals surface area contributed by atoms with Crippen LogP contribution in [-0.4, -0.2) is 35.9 Å². The molecule has 156 valence electrons. The average Bonchev–Trinajstić information content (AvgIpc) is 2.79. The SMILES string of the molecule is CCCNC(=O)[C@@H](C)N(Cc1ccccc1)C(=O)COc1cccc2ccccc12. The van der Waals surface area contributed by atoms with Gasteiger partial charge >= 0.3 is 0 Å². The summed E-state index contributed by atoms with van der Waals surface area (Å²) in [5, 5.41) is 4.88. The predicted molar refractivity (Wildman–Crippen MR) is 119 cm³/mol. The van der Waals surface area contributed by atoms with Gasteiger partial charge in [-0.15, -0.1) is 0 Å². The van der Waals surface area contributed by atoms with E-state index in [-0.39, 0.29) is 18.4 Å². The zero-order valence-electron chi connectivity index (χ0n) is 17.5. The summed E-state index contributed by atoms with van der Waals surface area (Å²) in [6, 6.07) is 22.7. The minimum atomic E-state index is -0.597. The van der Waals surface area contributed by atoms with E-state index in [9.17, 15) is 9.59 Å². The number of hydrogen-bond donors (Lipinski definition) is 1. The van der Waals surface area contributed by atoms with Crippen molar-refractivity contribution in [2.45, 2.75) is 32.9 Å². The highest BCUT2D eigenvalue weighted by atomic mass is 16.5. The van der Waals surface area contributed by atoms with Crippen LogP contribution < -0.4 is 10.1 Å². The lowest BCUT2D eigenvalue weighted by molar-refractivity contribution is -0.142. The van der Waals surface area contributed by atoms with Crippen molar-refractivity contribution in [2.75, 3.05) is 13.2 Å². The molecule has 0 saturated heterocycles. The zero-order valence-corrected chi connectivity index (χ0v) is 17.5. The smallest absolute Gasteiger partial charge is 0.261 e. The van der Waals surface area contributed by atoms with Crippen LogP contribution >= 0.6 is 0 Å². The van der Waals surface area contributed by atoms with Gasteiger partial charge < -0.3 is 15.0 Å². The van der Waals surface area contributed by atoms with Crippen molar-refractivity contribution < 1.29 is 14.3 Å². The van der Waals surface area contributed by atoms with E-state index in [0.29, 0.717) is 18.8 Å². The first kappa shape index (κ1) is 21.4. The summed E-state index contributed by atoms with van der Waals surface area (Å²) in [4.78, 5) is 27.2. The van der Waals surface area contributed by atoms with Crippen LogP contribution in [0.3, 0.4) is 0 Å². The normalized spacial score (nSPS) is 11.7. The molecule has 3 aromatic carbocycles. The Balaban J connectivity index is 1.76. The van der Waals surface area contributed by atoms with E-state index in [1.807, 2.05) is 79.7 Å². The molecular formula is C25H28N2O3. The van der Waals surface area contributed by atoms with Crippen molar-refractivity contribution in [1.29, 1.82) is 0 Å². The maximum Gasteiger partial charge on any atom is 0.261 e. The largest absolute Gasteiger partial charge is 0.483 e. The Morgan fingerprint density at radius 2 is 1.67 bits per heavy atom. The topological polar surface area (TPSA) is 58.6 Å². The molecule has 1 N–H and O–H groups in total. The lowest BCUT2D eigenvalue weighted by Gasteiger charge is -2.28. The van der Waals surface area contributed by atoms with Gasteiger partial charge in [-0.25, -0.2) is 0 Å². The second-order valence-corrected chi connectivity index (χ2v) is 7.24. The molecule has 0 spiro atoms. The van der Waals surface area contributed by atoms with Crippen LogP contribution in [0.25, 0.3) is 10.8 Å². The van der Waals surface area contributed by atoms with Gasteiger partial charge in [0.1, 0.15) is 11.8 Å². The number of ether oxygens (including phenoxy) is 1. The molecule has 0 bridgehead atoms. The van der Waals surface area contributed by atoms with Gasteiger partial charge in [0.2, 0.25) is 5.91 Å². The predicted octanol–water partition coefficient (Wildman–Crippen LogP) is 4.16. The Kier molecular flexibility index (Phi) is 7.44. The number of amides is 2. The number of rotatable bonds is 9. The van der Waals surface area contributed by atoms with E-state index in [4.69, 9.17) is 4.74 Å². The monoisotopic (exact) mass is 404 g/mol. The summed E-state index contributed by atoms with van der Waals surface area (Å²) in [6.45, 7) is 4.55. The first-order valence-corrected chi connectivity index (χ1v) is 10.3. The van der Waals surface area contributed by atoms with Crippen LogP contribution in [0.1, 0.15) is 25.8 Å². The summed E-state index contributed by atoms with van der Waals surface area (Å²) in [6.07, 6.45) is 0.843. The Morgan fingerprint density at radius 3 is 2.43 bits per heavy atom. The summed E-state index contributed by atoms with van der Waals surface area (Å²) < 4.78 is 5.89. The highest BCUT2D eigenvalue weighted by Gasteiger charge is 2.26.